The minimum absolute atomic E-state index is 0.0113. The Morgan fingerprint density at radius 3 is 2.35 bits per heavy atom. The first-order valence-electron chi connectivity index (χ1n) is 9.74. The summed E-state index contributed by atoms with van der Waals surface area (Å²) in [6.45, 7) is 0.393. The molecule has 6 nitrogen and oxygen atoms in total. The number of ether oxygens (including phenoxy) is 1. The first kappa shape index (κ1) is 20.6. The highest BCUT2D eigenvalue weighted by atomic mass is 35.5. The van der Waals surface area contributed by atoms with Crippen LogP contribution in [0.3, 0.4) is 0 Å². The topological polar surface area (TPSA) is 81.5 Å². The summed E-state index contributed by atoms with van der Waals surface area (Å²) < 4.78 is 5.46. The number of fused-ring (bicyclic) bond motifs is 3. The van der Waals surface area contributed by atoms with Gasteiger partial charge < -0.3 is 10.1 Å². The van der Waals surface area contributed by atoms with Crippen LogP contribution in [0.5, 0.6) is 0 Å². The van der Waals surface area contributed by atoms with E-state index in [1.54, 1.807) is 12.2 Å². The van der Waals surface area contributed by atoms with Crippen molar-refractivity contribution in [3.63, 3.8) is 0 Å². The van der Waals surface area contributed by atoms with Gasteiger partial charge in [0.1, 0.15) is 6.61 Å². The molecule has 0 aliphatic heterocycles. The second-order valence-electron chi connectivity index (χ2n) is 7.07. The molecule has 0 unspecified atom stereocenters. The molecule has 0 atom stereocenters. The second kappa shape index (κ2) is 9.02. The Hall–Kier alpha value is -3.64. The molecule has 0 aromatic heterocycles. The summed E-state index contributed by atoms with van der Waals surface area (Å²) >= 11 is 5.91. The summed E-state index contributed by atoms with van der Waals surface area (Å²) in [5, 5.41) is 14.1. The Morgan fingerprint density at radius 1 is 1.06 bits per heavy atom. The van der Waals surface area contributed by atoms with E-state index in [0.717, 1.165) is 22.3 Å². The Balaban J connectivity index is 1.35. The number of alkyl carbamates (subject to hydrolysis) is 1. The zero-order valence-corrected chi connectivity index (χ0v) is 17.2. The van der Waals surface area contributed by atoms with Crippen molar-refractivity contribution in [1.82, 2.24) is 5.32 Å². The van der Waals surface area contributed by atoms with Crippen LogP contribution in [0.1, 0.15) is 22.6 Å². The van der Waals surface area contributed by atoms with E-state index in [9.17, 15) is 14.9 Å². The van der Waals surface area contributed by atoms with Crippen molar-refractivity contribution in [3.05, 3.63) is 105 Å². The van der Waals surface area contributed by atoms with E-state index in [1.807, 2.05) is 24.3 Å². The molecule has 1 amide bonds. The number of benzene rings is 3. The average Bonchev–Trinajstić information content (AvgIpc) is 3.09. The largest absolute Gasteiger partial charge is 0.449 e. The molecule has 1 N–H and O–H groups in total. The van der Waals surface area contributed by atoms with Gasteiger partial charge in [-0.1, -0.05) is 72.3 Å². The van der Waals surface area contributed by atoms with Crippen molar-refractivity contribution in [2.45, 2.75) is 5.92 Å². The second-order valence-corrected chi connectivity index (χ2v) is 7.51. The normalized spacial score (nSPS) is 12.4. The Labute approximate surface area is 184 Å². The lowest BCUT2D eigenvalue weighted by Gasteiger charge is -2.14. The summed E-state index contributed by atoms with van der Waals surface area (Å²) in [5.41, 5.74) is 4.93. The number of nitrogens with zero attached hydrogens (tertiary/aromatic N) is 1. The molecule has 156 valence electrons. The van der Waals surface area contributed by atoms with Gasteiger partial charge in [-0.15, -0.1) is 0 Å². The molecular weight excluding hydrogens is 416 g/mol. The number of amides is 1. The van der Waals surface area contributed by atoms with Gasteiger partial charge in [-0.2, -0.15) is 0 Å². The molecule has 1 aliphatic rings. The third kappa shape index (κ3) is 4.44. The number of nitro benzene ring substituents is 1. The van der Waals surface area contributed by atoms with Crippen LogP contribution in [0, 0.1) is 10.1 Å². The van der Waals surface area contributed by atoms with Crippen LogP contribution >= 0.6 is 11.6 Å². The predicted molar refractivity (Wildman–Crippen MR) is 120 cm³/mol. The lowest BCUT2D eigenvalue weighted by Crippen LogP contribution is -2.26. The molecule has 0 spiro atoms. The summed E-state index contributed by atoms with van der Waals surface area (Å²) in [7, 11) is 0. The molecule has 0 saturated heterocycles. The minimum Gasteiger partial charge on any atom is -0.449 e. The molecule has 3 aromatic carbocycles. The first-order valence-corrected chi connectivity index (χ1v) is 10.1. The van der Waals surface area contributed by atoms with Crippen LogP contribution in [0.15, 0.2) is 72.8 Å². The van der Waals surface area contributed by atoms with Crippen molar-refractivity contribution in [3.8, 4) is 11.1 Å². The van der Waals surface area contributed by atoms with Crippen LogP contribution in [-0.4, -0.2) is 24.2 Å². The summed E-state index contributed by atoms with van der Waals surface area (Å²) in [6, 6.07) is 20.6. The predicted octanol–water partition coefficient (Wildman–Crippen LogP) is 5.80. The number of nitro groups is 1. The number of hydrogen-bond acceptors (Lipinski definition) is 4. The molecule has 31 heavy (non-hydrogen) atoms. The highest BCUT2D eigenvalue weighted by Gasteiger charge is 2.28. The van der Waals surface area contributed by atoms with Gasteiger partial charge in [0.15, 0.2) is 0 Å². The van der Waals surface area contributed by atoms with E-state index >= 15 is 0 Å². The lowest BCUT2D eigenvalue weighted by molar-refractivity contribution is -0.385. The summed E-state index contributed by atoms with van der Waals surface area (Å²) in [5.74, 6) is -0.0113. The fraction of sp³-hybridized carbons (Fsp3) is 0.125. The molecule has 0 fully saturated rings. The number of carbonyl (C=O) groups is 1. The van der Waals surface area contributed by atoms with Crippen molar-refractivity contribution in [2.24, 2.45) is 0 Å². The number of hydrogen-bond donors (Lipinski definition) is 1. The molecule has 0 saturated carbocycles. The van der Waals surface area contributed by atoms with Gasteiger partial charge in [-0.05, 0) is 34.4 Å². The minimum atomic E-state index is -0.549. The van der Waals surface area contributed by atoms with Crippen LogP contribution in [0.25, 0.3) is 17.2 Å². The zero-order chi connectivity index (χ0) is 21.8. The van der Waals surface area contributed by atoms with Crippen LogP contribution in [0.4, 0.5) is 10.5 Å². The van der Waals surface area contributed by atoms with E-state index < -0.39 is 11.0 Å². The number of nitrogens with one attached hydrogen (secondary N) is 1. The van der Waals surface area contributed by atoms with Crippen LogP contribution < -0.4 is 5.32 Å². The summed E-state index contributed by atoms with van der Waals surface area (Å²) in [6.07, 6.45) is 2.61. The number of carbonyl (C=O) groups excluding carboxylic acids is 1. The van der Waals surface area contributed by atoms with Crippen molar-refractivity contribution in [1.29, 1.82) is 0 Å². The maximum absolute atomic E-state index is 12.2. The van der Waals surface area contributed by atoms with Crippen LogP contribution in [0.2, 0.25) is 5.02 Å². The van der Waals surface area contributed by atoms with E-state index in [0.29, 0.717) is 10.6 Å². The third-order valence-corrected chi connectivity index (χ3v) is 5.43. The highest BCUT2D eigenvalue weighted by Crippen LogP contribution is 2.44. The molecule has 4 rings (SSSR count). The van der Waals surface area contributed by atoms with Gasteiger partial charge in [0.05, 0.1) is 10.5 Å². The Kier molecular flexibility index (Phi) is 6.00. The molecule has 0 heterocycles. The fourth-order valence-corrected chi connectivity index (χ4v) is 3.98. The number of halogens is 1. The number of rotatable bonds is 6. The van der Waals surface area contributed by atoms with Gasteiger partial charge in [0, 0.05) is 23.6 Å². The fourth-order valence-electron chi connectivity index (χ4n) is 3.80. The first-order chi connectivity index (χ1) is 15.0. The Bertz CT molecular complexity index is 1130. The van der Waals surface area contributed by atoms with Gasteiger partial charge >= 0.3 is 6.09 Å². The van der Waals surface area contributed by atoms with Crippen molar-refractivity contribution >= 4 is 29.5 Å². The molecule has 0 bridgehead atoms. The molecule has 1 aliphatic carbocycles. The van der Waals surface area contributed by atoms with Gasteiger partial charge in [-0.25, -0.2) is 4.79 Å². The Morgan fingerprint density at radius 2 is 1.71 bits per heavy atom. The molecule has 7 heteroatoms. The quantitative estimate of drug-likeness (QED) is 0.392. The third-order valence-electron chi connectivity index (χ3n) is 5.19. The molecular formula is C24H19ClN2O4. The van der Waals surface area contributed by atoms with Gasteiger partial charge in [0.2, 0.25) is 0 Å². The van der Waals surface area contributed by atoms with E-state index in [-0.39, 0.29) is 24.8 Å². The van der Waals surface area contributed by atoms with Crippen LogP contribution in [-0.2, 0) is 4.74 Å². The van der Waals surface area contributed by atoms with E-state index in [1.165, 1.54) is 18.2 Å². The standard InChI is InChI=1S/C24H19ClN2O4/c25-17-11-12-23(27(29)30)16(14-17)6-5-13-26-24(28)31-15-22-20-9-3-1-7-18(20)19-8-2-4-10-21(19)22/h1-12,14,22H,13,15H2,(H,26,28). The maximum atomic E-state index is 12.2. The molecule has 0 radical (unpaired) electrons. The monoisotopic (exact) mass is 434 g/mol. The van der Waals surface area contributed by atoms with Gasteiger partial charge in [0.25, 0.3) is 5.69 Å². The van der Waals surface area contributed by atoms with E-state index in [4.69, 9.17) is 16.3 Å². The van der Waals surface area contributed by atoms with Crippen molar-refractivity contribution in [2.75, 3.05) is 13.2 Å². The van der Waals surface area contributed by atoms with Crippen molar-refractivity contribution < 1.29 is 14.5 Å². The molecule has 3 aromatic rings. The lowest BCUT2D eigenvalue weighted by atomic mass is 9.98. The smallest absolute Gasteiger partial charge is 0.407 e. The SMILES string of the molecule is O=C(NCC=Cc1cc(Cl)ccc1[N+](=O)[O-])OCC1c2ccccc2-c2ccccc21. The summed E-state index contributed by atoms with van der Waals surface area (Å²) in [4.78, 5) is 22.8. The highest BCUT2D eigenvalue weighted by molar-refractivity contribution is 6.30. The average molecular weight is 435 g/mol. The maximum Gasteiger partial charge on any atom is 0.407 e. The zero-order valence-electron chi connectivity index (χ0n) is 16.5. The van der Waals surface area contributed by atoms with Gasteiger partial charge in [-0.3, -0.25) is 10.1 Å². The van der Waals surface area contributed by atoms with E-state index in [2.05, 4.69) is 29.6 Å².